The van der Waals surface area contributed by atoms with Crippen LogP contribution < -0.4 is 15.1 Å². The molecule has 0 radical (unpaired) electrons. The van der Waals surface area contributed by atoms with Crippen LogP contribution in [-0.2, 0) is 9.47 Å². The van der Waals surface area contributed by atoms with Crippen molar-refractivity contribution in [3.05, 3.63) is 42.2 Å². The summed E-state index contributed by atoms with van der Waals surface area (Å²) >= 11 is 1.92. The Morgan fingerprint density at radius 3 is 2.55 bits per heavy atom. The Bertz CT molecular complexity index is 1260. The van der Waals surface area contributed by atoms with Crippen molar-refractivity contribution in [3.8, 4) is 0 Å². The van der Waals surface area contributed by atoms with Crippen LogP contribution in [0.2, 0.25) is 0 Å². The molecule has 3 aromatic rings. The van der Waals surface area contributed by atoms with Gasteiger partial charge in [-0.25, -0.2) is 14.4 Å². The molecule has 2 fully saturated rings. The summed E-state index contributed by atoms with van der Waals surface area (Å²) in [5.41, 5.74) is 2.54. The van der Waals surface area contributed by atoms with E-state index in [0.29, 0.717) is 30.0 Å². The van der Waals surface area contributed by atoms with Crippen LogP contribution in [0.25, 0.3) is 10.8 Å². The average Bonchev–Trinajstić information content (AvgIpc) is 2.89. The zero-order valence-corrected chi connectivity index (χ0v) is 23.5. The van der Waals surface area contributed by atoms with Crippen molar-refractivity contribution < 1.29 is 13.9 Å². The van der Waals surface area contributed by atoms with Gasteiger partial charge in [0.15, 0.2) is 0 Å². The van der Waals surface area contributed by atoms with Gasteiger partial charge in [0, 0.05) is 63.2 Å². The number of nitrogens with one attached hydrogen (secondary N) is 1. The number of aromatic nitrogens is 3. The molecule has 8 nitrogen and oxygen atoms in total. The van der Waals surface area contributed by atoms with Gasteiger partial charge < -0.3 is 24.6 Å². The van der Waals surface area contributed by atoms with E-state index < -0.39 is 18.4 Å². The predicted molar refractivity (Wildman–Crippen MR) is 154 cm³/mol. The molecule has 3 atom stereocenters. The van der Waals surface area contributed by atoms with Gasteiger partial charge >= 0.3 is 0 Å². The second kappa shape index (κ2) is 11.6. The number of methoxy groups -OCH3 is 2. The second-order valence-electron chi connectivity index (χ2n) is 10.4. The van der Waals surface area contributed by atoms with E-state index in [4.69, 9.17) is 14.5 Å². The summed E-state index contributed by atoms with van der Waals surface area (Å²) < 4.78 is 25.6. The first kappa shape index (κ1) is 26.9. The molecule has 0 bridgehead atoms. The summed E-state index contributed by atoms with van der Waals surface area (Å²) in [6, 6.07) is 8.40. The maximum Gasteiger partial charge on any atom is 0.227 e. The summed E-state index contributed by atoms with van der Waals surface area (Å²) in [7, 11) is 3.08. The molecule has 204 valence electrons. The Labute approximate surface area is 228 Å². The van der Waals surface area contributed by atoms with Gasteiger partial charge in [0.25, 0.3) is 0 Å². The van der Waals surface area contributed by atoms with E-state index in [2.05, 4.69) is 58.5 Å². The van der Waals surface area contributed by atoms with E-state index in [-0.39, 0.29) is 6.54 Å². The van der Waals surface area contributed by atoms with Gasteiger partial charge in [0.05, 0.1) is 6.54 Å². The van der Waals surface area contributed by atoms with Crippen LogP contribution in [-0.4, -0.2) is 85.7 Å². The van der Waals surface area contributed by atoms with Crippen molar-refractivity contribution in [2.45, 2.75) is 38.1 Å². The number of anilines is 4. The molecule has 10 heteroatoms. The minimum absolute atomic E-state index is 0.144. The van der Waals surface area contributed by atoms with Crippen LogP contribution in [0, 0.1) is 5.92 Å². The van der Waals surface area contributed by atoms with E-state index in [0.717, 1.165) is 19.0 Å². The van der Waals surface area contributed by atoms with Gasteiger partial charge in [-0.1, -0.05) is 19.9 Å². The first-order valence-electron chi connectivity index (χ1n) is 13.1. The van der Waals surface area contributed by atoms with Gasteiger partial charge in [0.1, 0.15) is 30.0 Å². The second-order valence-corrected chi connectivity index (χ2v) is 11.3. The zero-order chi connectivity index (χ0) is 26.8. The topological polar surface area (TPSA) is 75.6 Å². The molecule has 2 saturated heterocycles. The lowest BCUT2D eigenvalue weighted by molar-refractivity contribution is -0.0794. The molecule has 2 aliphatic heterocycles. The SMILES string of the molecule is COC1CN(c2nccc(Nc3cc4c(C(C)C)ccc(N5CC(CSC)C5)c4cn3)n2)CC(F)C1OC. The smallest absolute Gasteiger partial charge is 0.227 e. The van der Waals surface area contributed by atoms with Gasteiger partial charge in [-0.05, 0) is 47.1 Å². The van der Waals surface area contributed by atoms with E-state index in [1.807, 2.05) is 18.0 Å². The zero-order valence-electron chi connectivity index (χ0n) is 22.7. The van der Waals surface area contributed by atoms with Gasteiger partial charge in [-0.2, -0.15) is 16.7 Å². The number of ether oxygens (including phenoxy) is 2. The highest BCUT2D eigenvalue weighted by Gasteiger charge is 2.38. The number of thioether (sulfide) groups is 1. The summed E-state index contributed by atoms with van der Waals surface area (Å²) in [6.45, 7) is 7.20. The lowest BCUT2D eigenvalue weighted by Crippen LogP contribution is -2.55. The molecule has 3 unspecified atom stereocenters. The highest BCUT2D eigenvalue weighted by Crippen LogP contribution is 2.37. The third-order valence-corrected chi connectivity index (χ3v) is 8.31. The van der Waals surface area contributed by atoms with Gasteiger partial charge in [-0.15, -0.1) is 0 Å². The number of hydrogen-bond donors (Lipinski definition) is 1. The number of alkyl halides is 1. The van der Waals surface area contributed by atoms with Crippen molar-refractivity contribution in [1.29, 1.82) is 0 Å². The molecule has 5 rings (SSSR count). The fourth-order valence-corrected chi connectivity index (χ4v) is 6.20. The summed E-state index contributed by atoms with van der Waals surface area (Å²) in [4.78, 5) is 18.1. The minimum Gasteiger partial charge on any atom is -0.377 e. The highest BCUT2D eigenvalue weighted by molar-refractivity contribution is 7.98. The Hall–Kier alpha value is -2.69. The van der Waals surface area contributed by atoms with Crippen LogP contribution >= 0.6 is 11.8 Å². The maximum absolute atomic E-state index is 14.8. The Morgan fingerprint density at radius 1 is 1.03 bits per heavy atom. The molecular weight excluding hydrogens is 503 g/mol. The summed E-state index contributed by atoms with van der Waals surface area (Å²) in [5.74, 6) is 4.08. The van der Waals surface area contributed by atoms with E-state index in [9.17, 15) is 4.39 Å². The molecule has 4 heterocycles. The van der Waals surface area contributed by atoms with E-state index in [1.54, 1.807) is 24.3 Å². The van der Waals surface area contributed by atoms with Crippen LogP contribution in [0.5, 0.6) is 0 Å². The van der Waals surface area contributed by atoms with Crippen LogP contribution in [0.1, 0.15) is 25.3 Å². The summed E-state index contributed by atoms with van der Waals surface area (Å²) in [6.07, 6.45) is 3.60. The number of fused-ring (bicyclic) bond motifs is 1. The number of hydrogen-bond acceptors (Lipinski definition) is 9. The number of nitrogens with zero attached hydrogens (tertiary/aromatic N) is 5. The molecule has 2 aromatic heterocycles. The lowest BCUT2D eigenvalue weighted by atomic mass is 9.93. The third kappa shape index (κ3) is 5.39. The predicted octanol–water partition coefficient (Wildman–Crippen LogP) is 4.88. The van der Waals surface area contributed by atoms with Crippen molar-refractivity contribution in [3.63, 3.8) is 0 Å². The number of pyridine rings is 1. The first-order valence-corrected chi connectivity index (χ1v) is 14.5. The molecule has 1 aromatic carbocycles. The van der Waals surface area contributed by atoms with E-state index in [1.165, 1.54) is 34.9 Å². The van der Waals surface area contributed by atoms with Crippen LogP contribution in [0.4, 0.5) is 27.7 Å². The number of rotatable bonds is 9. The third-order valence-electron chi connectivity index (χ3n) is 7.51. The molecule has 0 aliphatic carbocycles. The minimum atomic E-state index is -1.20. The fraction of sp³-hybridized carbons (Fsp3) is 0.536. The molecule has 1 N–H and O–H groups in total. The van der Waals surface area contributed by atoms with Crippen LogP contribution in [0.15, 0.2) is 36.7 Å². The monoisotopic (exact) mass is 540 g/mol. The number of halogens is 1. The summed E-state index contributed by atoms with van der Waals surface area (Å²) in [5, 5.41) is 5.71. The molecule has 0 spiro atoms. The van der Waals surface area contributed by atoms with Gasteiger partial charge in [-0.3, -0.25) is 0 Å². The molecule has 0 amide bonds. The van der Waals surface area contributed by atoms with Crippen molar-refractivity contribution in [2.24, 2.45) is 5.92 Å². The Balaban J connectivity index is 1.39. The quantitative estimate of drug-likeness (QED) is 0.409. The number of piperidine rings is 1. The van der Waals surface area contributed by atoms with Crippen LogP contribution in [0.3, 0.4) is 0 Å². The normalized spacial score (nSPS) is 22.2. The lowest BCUT2D eigenvalue weighted by Gasteiger charge is -2.41. The largest absolute Gasteiger partial charge is 0.377 e. The maximum atomic E-state index is 14.8. The molecule has 2 aliphatic rings. The molecular formula is C28H37FN6O2S. The fourth-order valence-electron chi connectivity index (χ4n) is 5.52. The van der Waals surface area contributed by atoms with E-state index >= 15 is 0 Å². The average molecular weight is 541 g/mol. The first-order chi connectivity index (χ1) is 18.4. The Morgan fingerprint density at radius 2 is 1.84 bits per heavy atom. The van der Waals surface area contributed by atoms with Crippen molar-refractivity contribution in [1.82, 2.24) is 15.0 Å². The van der Waals surface area contributed by atoms with Crippen molar-refractivity contribution in [2.75, 3.05) is 67.5 Å². The van der Waals surface area contributed by atoms with Gasteiger partial charge in [0.2, 0.25) is 5.95 Å². The molecule has 0 saturated carbocycles. The number of benzene rings is 1. The van der Waals surface area contributed by atoms with Crippen molar-refractivity contribution >= 4 is 45.8 Å². The molecule has 38 heavy (non-hydrogen) atoms. The standard InChI is InChI=1S/C28H37FN6O2S/c1-17(2)19-6-7-23(34-12-18(13-34)16-38-5)21-11-31-26(10-20(19)21)32-25-8-9-30-28(33-25)35-14-22(29)27(37-4)24(15-35)36-3/h6-11,17-18,22,24,27H,12-16H2,1-5H3,(H,30,31,32,33). The highest BCUT2D eigenvalue weighted by atomic mass is 32.2. The Kier molecular flexibility index (Phi) is 8.20.